The van der Waals surface area contributed by atoms with Crippen LogP contribution >= 0.6 is 0 Å². The predicted molar refractivity (Wildman–Crippen MR) is 92.9 cm³/mol. The third-order valence-electron chi connectivity index (χ3n) is 3.64. The van der Waals surface area contributed by atoms with Gasteiger partial charge in [0.25, 0.3) is 5.91 Å². The summed E-state index contributed by atoms with van der Waals surface area (Å²) in [6.07, 6.45) is 3.45. The van der Waals surface area contributed by atoms with Crippen LogP contribution in [0.15, 0.2) is 53.8 Å². The lowest BCUT2D eigenvalue weighted by Gasteiger charge is -2.08. The molecule has 6 nitrogen and oxygen atoms in total. The first kappa shape index (κ1) is 15.6. The Hall–Kier alpha value is -3.28. The zero-order valence-electron chi connectivity index (χ0n) is 13.4. The summed E-state index contributed by atoms with van der Waals surface area (Å²) in [6.45, 7) is 0. The van der Waals surface area contributed by atoms with E-state index in [0.29, 0.717) is 17.1 Å². The van der Waals surface area contributed by atoms with Crippen LogP contribution in [0, 0.1) is 0 Å². The van der Waals surface area contributed by atoms with Gasteiger partial charge >= 0.3 is 0 Å². The van der Waals surface area contributed by atoms with Crippen molar-refractivity contribution in [3.8, 4) is 11.5 Å². The number of benzene rings is 2. The fraction of sp³-hybridized carbons (Fsp3) is 0.111. The topological polar surface area (TPSA) is 75.7 Å². The number of aromatic nitrogens is 1. The lowest BCUT2D eigenvalue weighted by atomic mass is 10.2. The highest BCUT2D eigenvalue weighted by molar-refractivity contribution is 6.00. The van der Waals surface area contributed by atoms with Crippen LogP contribution in [-0.4, -0.2) is 31.3 Å². The molecule has 1 heterocycles. The van der Waals surface area contributed by atoms with Crippen molar-refractivity contribution in [3.63, 3.8) is 0 Å². The first-order valence-corrected chi connectivity index (χ1v) is 7.34. The third-order valence-corrected chi connectivity index (χ3v) is 3.64. The van der Waals surface area contributed by atoms with E-state index in [1.165, 1.54) is 7.11 Å². The van der Waals surface area contributed by atoms with Crippen LogP contribution in [0.5, 0.6) is 11.5 Å². The standard InChI is InChI=1S/C18H17N3O3/c1-23-16-8-7-12(9-17(16)24-2)18(22)21-20-11-13-10-19-15-6-4-3-5-14(13)15/h3-11,19H,1-2H3,(H,21,22). The van der Waals surface area contributed by atoms with Crippen LogP contribution in [0.1, 0.15) is 15.9 Å². The average molecular weight is 323 g/mol. The zero-order chi connectivity index (χ0) is 16.9. The maximum Gasteiger partial charge on any atom is 0.271 e. The molecule has 0 saturated carbocycles. The van der Waals surface area contributed by atoms with Crippen molar-refractivity contribution in [1.29, 1.82) is 0 Å². The summed E-state index contributed by atoms with van der Waals surface area (Å²) in [5.74, 6) is 0.731. The Kier molecular flexibility index (Phi) is 4.47. The molecule has 3 rings (SSSR count). The largest absolute Gasteiger partial charge is 0.493 e. The van der Waals surface area contributed by atoms with Gasteiger partial charge in [-0.2, -0.15) is 5.10 Å². The van der Waals surface area contributed by atoms with Gasteiger partial charge in [-0.1, -0.05) is 18.2 Å². The molecular weight excluding hydrogens is 306 g/mol. The molecule has 0 aliphatic rings. The van der Waals surface area contributed by atoms with Crippen LogP contribution in [0.4, 0.5) is 0 Å². The molecule has 0 saturated heterocycles. The fourth-order valence-electron chi connectivity index (χ4n) is 2.40. The van der Waals surface area contributed by atoms with Crippen LogP contribution in [0.25, 0.3) is 10.9 Å². The number of nitrogens with one attached hydrogen (secondary N) is 2. The Balaban J connectivity index is 1.73. The van der Waals surface area contributed by atoms with Gasteiger partial charge in [-0.05, 0) is 24.3 Å². The highest BCUT2D eigenvalue weighted by Gasteiger charge is 2.10. The van der Waals surface area contributed by atoms with Gasteiger partial charge in [0, 0.05) is 28.2 Å². The minimum Gasteiger partial charge on any atom is -0.493 e. The van der Waals surface area contributed by atoms with Crippen molar-refractivity contribution in [3.05, 3.63) is 59.8 Å². The maximum absolute atomic E-state index is 12.2. The second kappa shape index (κ2) is 6.87. The normalized spacial score (nSPS) is 10.9. The number of methoxy groups -OCH3 is 2. The van der Waals surface area contributed by atoms with Gasteiger partial charge in [0.1, 0.15) is 0 Å². The van der Waals surface area contributed by atoms with Crippen LogP contribution in [-0.2, 0) is 0 Å². The summed E-state index contributed by atoms with van der Waals surface area (Å²) < 4.78 is 10.3. The molecule has 6 heteroatoms. The van der Waals surface area contributed by atoms with E-state index in [0.717, 1.165) is 16.5 Å². The number of ether oxygens (including phenoxy) is 2. The van der Waals surface area contributed by atoms with E-state index < -0.39 is 0 Å². The van der Waals surface area contributed by atoms with E-state index >= 15 is 0 Å². The minimum absolute atomic E-state index is 0.327. The van der Waals surface area contributed by atoms with E-state index in [-0.39, 0.29) is 5.91 Å². The first-order chi connectivity index (χ1) is 11.7. The van der Waals surface area contributed by atoms with Gasteiger partial charge in [0.15, 0.2) is 11.5 Å². The van der Waals surface area contributed by atoms with E-state index in [2.05, 4.69) is 15.5 Å². The number of hydrogen-bond donors (Lipinski definition) is 2. The summed E-state index contributed by atoms with van der Waals surface area (Å²) >= 11 is 0. The molecule has 0 atom stereocenters. The number of carbonyl (C=O) groups is 1. The SMILES string of the molecule is COc1ccc(C(=O)NN=Cc2c[nH]c3ccccc23)cc1OC. The highest BCUT2D eigenvalue weighted by atomic mass is 16.5. The molecule has 0 spiro atoms. The average Bonchev–Trinajstić information content (AvgIpc) is 3.04. The Bertz CT molecular complexity index is 899. The Morgan fingerprint density at radius 2 is 1.92 bits per heavy atom. The molecule has 1 aromatic heterocycles. The van der Waals surface area contributed by atoms with Gasteiger partial charge in [0.05, 0.1) is 20.4 Å². The number of rotatable bonds is 5. The van der Waals surface area contributed by atoms with E-state index in [1.807, 2.05) is 30.5 Å². The Morgan fingerprint density at radius 3 is 2.71 bits per heavy atom. The number of hydrazone groups is 1. The molecule has 2 aromatic carbocycles. The molecule has 0 unspecified atom stereocenters. The van der Waals surface area contributed by atoms with Gasteiger partial charge in [-0.15, -0.1) is 0 Å². The fourth-order valence-corrected chi connectivity index (χ4v) is 2.40. The zero-order valence-corrected chi connectivity index (χ0v) is 13.4. The molecule has 3 aromatic rings. The summed E-state index contributed by atoms with van der Waals surface area (Å²) in [5.41, 5.74) is 4.86. The summed E-state index contributed by atoms with van der Waals surface area (Å²) in [4.78, 5) is 15.3. The lowest BCUT2D eigenvalue weighted by molar-refractivity contribution is 0.0954. The highest BCUT2D eigenvalue weighted by Crippen LogP contribution is 2.27. The minimum atomic E-state index is -0.327. The predicted octanol–water partition coefficient (Wildman–Crippen LogP) is 2.95. The Morgan fingerprint density at radius 1 is 1.12 bits per heavy atom. The summed E-state index contributed by atoms with van der Waals surface area (Å²) in [6, 6.07) is 12.8. The second-order valence-corrected chi connectivity index (χ2v) is 5.06. The lowest BCUT2D eigenvalue weighted by Crippen LogP contribution is -2.17. The molecule has 0 radical (unpaired) electrons. The monoisotopic (exact) mass is 323 g/mol. The Labute approximate surface area is 139 Å². The van der Waals surface area contributed by atoms with Crippen molar-refractivity contribution in [2.45, 2.75) is 0 Å². The smallest absolute Gasteiger partial charge is 0.271 e. The van der Waals surface area contributed by atoms with E-state index in [9.17, 15) is 4.79 Å². The number of amides is 1. The quantitative estimate of drug-likeness (QED) is 0.560. The molecule has 2 N–H and O–H groups in total. The van der Waals surface area contributed by atoms with E-state index in [1.54, 1.807) is 31.5 Å². The van der Waals surface area contributed by atoms with Gasteiger partial charge in [0.2, 0.25) is 0 Å². The molecule has 24 heavy (non-hydrogen) atoms. The van der Waals surface area contributed by atoms with Gasteiger partial charge in [-0.3, -0.25) is 4.79 Å². The van der Waals surface area contributed by atoms with Gasteiger partial charge < -0.3 is 14.5 Å². The third kappa shape index (κ3) is 3.08. The summed E-state index contributed by atoms with van der Waals surface area (Å²) in [7, 11) is 3.07. The van der Waals surface area contributed by atoms with Crippen molar-refractivity contribution in [1.82, 2.24) is 10.4 Å². The number of nitrogens with zero attached hydrogens (tertiary/aromatic N) is 1. The van der Waals surface area contributed by atoms with Crippen molar-refractivity contribution < 1.29 is 14.3 Å². The van der Waals surface area contributed by atoms with Crippen molar-refractivity contribution in [2.24, 2.45) is 5.10 Å². The molecule has 0 fully saturated rings. The maximum atomic E-state index is 12.2. The molecular formula is C18H17N3O3. The first-order valence-electron chi connectivity index (χ1n) is 7.34. The molecule has 122 valence electrons. The second-order valence-electron chi connectivity index (χ2n) is 5.06. The van der Waals surface area contributed by atoms with Crippen LogP contribution < -0.4 is 14.9 Å². The summed E-state index contributed by atoms with van der Waals surface area (Å²) in [5, 5.41) is 5.06. The van der Waals surface area contributed by atoms with E-state index in [4.69, 9.17) is 9.47 Å². The molecule has 0 aliphatic carbocycles. The number of fused-ring (bicyclic) bond motifs is 1. The number of H-pyrrole nitrogens is 1. The van der Waals surface area contributed by atoms with Crippen molar-refractivity contribution >= 4 is 23.0 Å². The number of carbonyl (C=O) groups excluding carboxylic acids is 1. The number of aromatic amines is 1. The van der Waals surface area contributed by atoms with Crippen LogP contribution in [0.3, 0.4) is 0 Å². The molecule has 1 amide bonds. The van der Waals surface area contributed by atoms with Crippen molar-refractivity contribution in [2.75, 3.05) is 14.2 Å². The van der Waals surface area contributed by atoms with Gasteiger partial charge in [-0.25, -0.2) is 5.43 Å². The molecule has 0 bridgehead atoms. The van der Waals surface area contributed by atoms with Crippen LogP contribution in [0.2, 0.25) is 0 Å². The number of hydrogen-bond acceptors (Lipinski definition) is 4. The number of para-hydroxylation sites is 1. The molecule has 0 aliphatic heterocycles.